The standard InChI is InChI=1S/C30H38N6O6S/c1-30(2,3)42-29(39)34-15-8-7-12-22(20-34)35-25-23(27(38)33-16-18-43(40,41)19-17-33)13-9-14-24(25)32-28(35)36(31)26(37)21-10-5-4-6-11-21/h4-6,9-11,13-14,22H,7-8,12,15-20,31H2,1-3H3. The average molecular weight is 611 g/mol. The Balaban J connectivity index is 1.61. The van der Waals surface area contributed by atoms with Gasteiger partial charge in [-0.3, -0.25) is 9.59 Å². The number of nitrogens with two attached hydrogens (primary N) is 1. The molecule has 3 amide bonds. The second kappa shape index (κ2) is 12.0. The van der Waals surface area contributed by atoms with E-state index in [2.05, 4.69) is 0 Å². The highest BCUT2D eigenvalue weighted by Crippen LogP contribution is 2.34. The molecule has 0 radical (unpaired) electrons. The molecule has 12 nitrogen and oxygen atoms in total. The van der Waals surface area contributed by atoms with Gasteiger partial charge in [-0.2, -0.15) is 0 Å². The summed E-state index contributed by atoms with van der Waals surface area (Å²) >= 11 is 0. The zero-order chi connectivity index (χ0) is 30.9. The number of carbonyl (C=O) groups is 3. The molecule has 1 aromatic heterocycles. The number of amides is 3. The first-order chi connectivity index (χ1) is 20.3. The van der Waals surface area contributed by atoms with Gasteiger partial charge >= 0.3 is 6.09 Å². The van der Waals surface area contributed by atoms with Gasteiger partial charge in [-0.15, -0.1) is 0 Å². The Morgan fingerprint density at radius 1 is 0.953 bits per heavy atom. The first-order valence-electron chi connectivity index (χ1n) is 14.5. The molecule has 1 atom stereocenters. The summed E-state index contributed by atoms with van der Waals surface area (Å²) in [7, 11) is -3.20. The quantitative estimate of drug-likeness (QED) is 0.269. The van der Waals surface area contributed by atoms with Crippen LogP contribution in [0.15, 0.2) is 48.5 Å². The van der Waals surface area contributed by atoms with Crippen molar-refractivity contribution in [2.45, 2.75) is 51.7 Å². The number of benzene rings is 2. The van der Waals surface area contributed by atoms with Crippen LogP contribution < -0.4 is 10.9 Å². The normalized spacial score (nSPS) is 19.1. The van der Waals surface area contributed by atoms with Crippen molar-refractivity contribution in [2.24, 2.45) is 5.84 Å². The fourth-order valence-corrected chi connectivity index (χ4v) is 6.75. The lowest BCUT2D eigenvalue weighted by atomic mass is 10.1. The summed E-state index contributed by atoms with van der Waals surface area (Å²) in [4.78, 5) is 48.5. The number of ether oxygens (including phenoxy) is 1. The van der Waals surface area contributed by atoms with E-state index in [-0.39, 0.29) is 49.0 Å². The summed E-state index contributed by atoms with van der Waals surface area (Å²) in [5.41, 5.74) is 0.941. The maximum absolute atomic E-state index is 13.9. The van der Waals surface area contributed by atoms with Crippen molar-refractivity contribution in [3.05, 3.63) is 59.7 Å². The fraction of sp³-hybridized carbons (Fsp3) is 0.467. The monoisotopic (exact) mass is 610 g/mol. The molecule has 2 aliphatic rings. The third kappa shape index (κ3) is 6.67. The highest BCUT2D eigenvalue weighted by Gasteiger charge is 2.34. The molecule has 0 spiro atoms. The van der Waals surface area contributed by atoms with Crippen LogP contribution in [-0.4, -0.2) is 89.0 Å². The van der Waals surface area contributed by atoms with Crippen LogP contribution in [0, 0.1) is 0 Å². The number of hydrogen-bond donors (Lipinski definition) is 1. The SMILES string of the molecule is CC(C)(C)OC(=O)N1CCCCC(n2c(N(N)C(=O)c3ccccc3)nc3cccc(C(=O)N4CCS(=O)(=O)CC4)c32)C1. The fourth-order valence-electron chi connectivity index (χ4n) is 5.54. The highest BCUT2D eigenvalue weighted by atomic mass is 32.2. The van der Waals surface area contributed by atoms with E-state index in [0.29, 0.717) is 35.1 Å². The van der Waals surface area contributed by atoms with E-state index < -0.39 is 27.4 Å². The molecule has 2 fully saturated rings. The van der Waals surface area contributed by atoms with Crippen LogP contribution in [0.4, 0.5) is 10.7 Å². The summed E-state index contributed by atoms with van der Waals surface area (Å²) < 4.78 is 31.6. The van der Waals surface area contributed by atoms with Gasteiger partial charge in [0.2, 0.25) is 5.95 Å². The number of rotatable bonds is 4. The van der Waals surface area contributed by atoms with Gasteiger partial charge in [-0.1, -0.05) is 24.3 Å². The van der Waals surface area contributed by atoms with E-state index in [4.69, 9.17) is 15.6 Å². The lowest BCUT2D eigenvalue weighted by Crippen LogP contribution is -2.44. The van der Waals surface area contributed by atoms with Crippen molar-refractivity contribution >= 4 is 44.7 Å². The van der Waals surface area contributed by atoms with Crippen LogP contribution in [-0.2, 0) is 14.6 Å². The predicted molar refractivity (Wildman–Crippen MR) is 162 cm³/mol. The van der Waals surface area contributed by atoms with Crippen molar-refractivity contribution in [2.75, 3.05) is 42.7 Å². The van der Waals surface area contributed by atoms with Crippen LogP contribution in [0.1, 0.15) is 66.8 Å². The largest absolute Gasteiger partial charge is 0.444 e. The second-order valence-electron chi connectivity index (χ2n) is 12.0. The summed E-state index contributed by atoms with van der Waals surface area (Å²) in [6, 6.07) is 13.3. The van der Waals surface area contributed by atoms with Crippen molar-refractivity contribution in [3.8, 4) is 0 Å². The Kier molecular flexibility index (Phi) is 8.48. The molecule has 2 aromatic carbocycles. The number of anilines is 1. The van der Waals surface area contributed by atoms with Gasteiger partial charge in [0.15, 0.2) is 9.84 Å². The van der Waals surface area contributed by atoms with Gasteiger partial charge < -0.3 is 19.1 Å². The molecule has 0 bridgehead atoms. The van der Waals surface area contributed by atoms with Crippen LogP contribution >= 0.6 is 0 Å². The number of aromatic nitrogens is 2. The summed E-state index contributed by atoms with van der Waals surface area (Å²) in [6.07, 6.45) is 1.72. The molecule has 1 unspecified atom stereocenters. The molecule has 230 valence electrons. The summed E-state index contributed by atoms with van der Waals surface area (Å²) in [5, 5.41) is 0.986. The topological polar surface area (TPSA) is 148 Å². The summed E-state index contributed by atoms with van der Waals surface area (Å²) in [5.74, 6) is 5.61. The Morgan fingerprint density at radius 3 is 2.33 bits per heavy atom. The smallest absolute Gasteiger partial charge is 0.410 e. The molecule has 2 saturated heterocycles. The zero-order valence-electron chi connectivity index (χ0n) is 24.7. The van der Waals surface area contributed by atoms with Gasteiger partial charge in [-0.25, -0.2) is 29.0 Å². The third-order valence-corrected chi connectivity index (χ3v) is 9.28. The molecule has 5 rings (SSSR count). The van der Waals surface area contributed by atoms with Crippen LogP contribution in [0.2, 0.25) is 0 Å². The average Bonchev–Trinajstić information content (AvgIpc) is 3.18. The number of hydrogen-bond acceptors (Lipinski definition) is 8. The molecule has 0 aliphatic carbocycles. The predicted octanol–water partition coefficient (Wildman–Crippen LogP) is 3.39. The lowest BCUT2D eigenvalue weighted by Gasteiger charge is -2.31. The van der Waals surface area contributed by atoms with Gasteiger partial charge in [0.1, 0.15) is 5.60 Å². The summed E-state index contributed by atoms with van der Waals surface area (Å²) in [6.45, 7) is 6.36. The van der Waals surface area contributed by atoms with Crippen molar-refractivity contribution < 1.29 is 27.5 Å². The Labute approximate surface area is 251 Å². The van der Waals surface area contributed by atoms with Crippen LogP contribution in [0.25, 0.3) is 11.0 Å². The molecule has 2 N–H and O–H groups in total. The molecule has 13 heteroatoms. The van der Waals surface area contributed by atoms with Gasteiger partial charge in [0.05, 0.1) is 34.1 Å². The number of nitrogens with zero attached hydrogens (tertiary/aromatic N) is 5. The molecule has 43 heavy (non-hydrogen) atoms. The molecule has 3 heterocycles. The van der Waals surface area contributed by atoms with E-state index in [1.165, 1.54) is 4.90 Å². The van der Waals surface area contributed by atoms with Crippen molar-refractivity contribution in [1.29, 1.82) is 0 Å². The molecule has 0 saturated carbocycles. The van der Waals surface area contributed by atoms with E-state index >= 15 is 0 Å². The Morgan fingerprint density at radius 2 is 1.65 bits per heavy atom. The number of para-hydroxylation sites is 1. The van der Waals surface area contributed by atoms with Gasteiger partial charge in [0, 0.05) is 31.7 Å². The zero-order valence-corrected chi connectivity index (χ0v) is 25.5. The number of sulfone groups is 1. The minimum atomic E-state index is -3.20. The Hall–Kier alpha value is -3.97. The maximum Gasteiger partial charge on any atom is 0.410 e. The van der Waals surface area contributed by atoms with Crippen LogP contribution in [0.5, 0.6) is 0 Å². The first-order valence-corrected chi connectivity index (χ1v) is 16.3. The molecular formula is C30H38N6O6S. The van der Waals surface area contributed by atoms with Crippen LogP contribution in [0.3, 0.4) is 0 Å². The lowest BCUT2D eigenvalue weighted by molar-refractivity contribution is 0.0237. The minimum Gasteiger partial charge on any atom is -0.444 e. The maximum atomic E-state index is 13.9. The Bertz CT molecular complexity index is 1620. The third-order valence-electron chi connectivity index (χ3n) is 7.67. The second-order valence-corrected chi connectivity index (χ2v) is 14.3. The van der Waals surface area contributed by atoms with E-state index in [9.17, 15) is 22.8 Å². The van der Waals surface area contributed by atoms with E-state index in [0.717, 1.165) is 17.9 Å². The number of imidazole rings is 1. The van der Waals surface area contributed by atoms with Gasteiger partial charge in [-0.05, 0) is 64.3 Å². The van der Waals surface area contributed by atoms with E-state index in [1.54, 1.807) is 58.0 Å². The van der Waals surface area contributed by atoms with E-state index in [1.807, 2.05) is 20.8 Å². The highest BCUT2D eigenvalue weighted by molar-refractivity contribution is 7.91. The number of hydrazine groups is 1. The van der Waals surface area contributed by atoms with Gasteiger partial charge in [0.25, 0.3) is 11.8 Å². The molecule has 3 aromatic rings. The number of likely N-dealkylation sites (tertiary alicyclic amines) is 1. The van der Waals surface area contributed by atoms with Crippen molar-refractivity contribution in [3.63, 3.8) is 0 Å². The molecular weight excluding hydrogens is 572 g/mol. The van der Waals surface area contributed by atoms with Crippen molar-refractivity contribution in [1.82, 2.24) is 19.4 Å². The number of carbonyl (C=O) groups excluding carboxylic acids is 3. The number of fused-ring (bicyclic) bond motifs is 1. The first kappa shape index (κ1) is 30.5. The molecule has 2 aliphatic heterocycles. The minimum absolute atomic E-state index is 0.0872.